The molecule has 1 aromatic carbocycles. The van der Waals surface area contributed by atoms with E-state index in [1.54, 1.807) is 29.3 Å². The third-order valence-corrected chi connectivity index (χ3v) is 3.57. The molecule has 0 saturated carbocycles. The van der Waals surface area contributed by atoms with E-state index >= 15 is 0 Å². The molecule has 1 aromatic heterocycles. The van der Waals surface area contributed by atoms with E-state index in [1.165, 1.54) is 18.2 Å². The topological polar surface area (TPSA) is 98.5 Å². The Bertz CT molecular complexity index is 722. The number of ether oxygens (including phenoxy) is 1. The molecule has 0 bridgehead atoms. The number of likely N-dealkylation sites (tertiary alicyclic amines) is 1. The lowest BCUT2D eigenvalue weighted by Gasteiger charge is -2.16. The Morgan fingerprint density at radius 3 is 2.96 bits per heavy atom. The highest BCUT2D eigenvalue weighted by Crippen LogP contribution is 2.20. The molecule has 0 radical (unpaired) electrons. The minimum absolute atomic E-state index is 0.0950. The number of rotatable bonds is 4. The molecule has 1 aliphatic rings. The maximum absolute atomic E-state index is 12.4. The molecule has 1 saturated heterocycles. The van der Waals surface area contributed by atoms with E-state index in [0.717, 1.165) is 0 Å². The van der Waals surface area contributed by atoms with Crippen LogP contribution in [-0.4, -0.2) is 45.1 Å². The summed E-state index contributed by atoms with van der Waals surface area (Å²) in [7, 11) is 0. The Labute approximate surface area is 131 Å². The molecule has 23 heavy (non-hydrogen) atoms. The van der Waals surface area contributed by atoms with Gasteiger partial charge in [0, 0.05) is 42.9 Å². The van der Waals surface area contributed by atoms with Gasteiger partial charge in [0.05, 0.1) is 11.5 Å². The number of nitro benzene ring substituents is 1. The fourth-order valence-corrected chi connectivity index (χ4v) is 2.46. The normalized spacial score (nSPS) is 17.0. The first-order valence-electron chi connectivity index (χ1n) is 7.11. The van der Waals surface area contributed by atoms with Gasteiger partial charge in [-0.25, -0.2) is 0 Å². The predicted octanol–water partition coefficient (Wildman–Crippen LogP) is 1.68. The molecular weight excluding hydrogens is 300 g/mol. The van der Waals surface area contributed by atoms with E-state index in [9.17, 15) is 14.9 Å². The first kappa shape index (κ1) is 14.9. The Hall–Kier alpha value is -3.03. The Kier molecular flexibility index (Phi) is 4.13. The van der Waals surface area contributed by atoms with Crippen LogP contribution in [0.3, 0.4) is 0 Å². The quantitative estimate of drug-likeness (QED) is 0.629. The van der Waals surface area contributed by atoms with Gasteiger partial charge in [-0.3, -0.25) is 14.9 Å². The Morgan fingerprint density at radius 2 is 2.22 bits per heavy atom. The number of nitro groups is 1. The van der Waals surface area contributed by atoms with Gasteiger partial charge in [0.25, 0.3) is 11.6 Å². The summed E-state index contributed by atoms with van der Waals surface area (Å²) < 4.78 is 5.68. The zero-order chi connectivity index (χ0) is 16.2. The molecule has 1 unspecified atom stereocenters. The second-order valence-corrected chi connectivity index (χ2v) is 5.15. The highest BCUT2D eigenvalue weighted by Gasteiger charge is 2.29. The number of hydrogen-bond acceptors (Lipinski definition) is 6. The summed E-state index contributed by atoms with van der Waals surface area (Å²) in [6.45, 7) is 0.949. The van der Waals surface area contributed by atoms with Gasteiger partial charge in [-0.1, -0.05) is 6.07 Å². The van der Waals surface area contributed by atoms with Crippen LogP contribution in [0.15, 0.2) is 42.6 Å². The molecule has 1 atom stereocenters. The van der Waals surface area contributed by atoms with Crippen LogP contribution >= 0.6 is 0 Å². The number of nitrogens with zero attached hydrogens (tertiary/aromatic N) is 4. The maximum atomic E-state index is 12.4. The lowest BCUT2D eigenvalue weighted by molar-refractivity contribution is -0.384. The number of carbonyl (C=O) groups is 1. The van der Waals surface area contributed by atoms with Crippen LogP contribution in [0.1, 0.15) is 16.8 Å². The molecule has 0 N–H and O–H groups in total. The van der Waals surface area contributed by atoms with Crippen molar-refractivity contribution in [3.05, 3.63) is 58.3 Å². The van der Waals surface area contributed by atoms with Crippen LogP contribution in [0.4, 0.5) is 5.69 Å². The van der Waals surface area contributed by atoms with Gasteiger partial charge in [0.1, 0.15) is 6.10 Å². The Morgan fingerprint density at radius 1 is 1.35 bits per heavy atom. The van der Waals surface area contributed by atoms with Crippen molar-refractivity contribution in [1.82, 2.24) is 15.1 Å². The minimum atomic E-state index is -0.513. The first-order chi connectivity index (χ1) is 11.1. The molecule has 8 heteroatoms. The number of hydrogen-bond donors (Lipinski definition) is 0. The van der Waals surface area contributed by atoms with E-state index in [1.807, 2.05) is 0 Å². The molecule has 0 aliphatic carbocycles. The van der Waals surface area contributed by atoms with Crippen LogP contribution < -0.4 is 4.74 Å². The Balaban J connectivity index is 1.65. The summed E-state index contributed by atoms with van der Waals surface area (Å²) in [6.07, 6.45) is 2.08. The van der Waals surface area contributed by atoms with Gasteiger partial charge in [0.15, 0.2) is 0 Å². The van der Waals surface area contributed by atoms with E-state index in [0.29, 0.717) is 31.0 Å². The summed E-state index contributed by atoms with van der Waals surface area (Å²) in [5.74, 6) is 0.182. The lowest BCUT2D eigenvalue weighted by atomic mass is 10.2. The van der Waals surface area contributed by atoms with Crippen molar-refractivity contribution in [2.45, 2.75) is 12.5 Å². The summed E-state index contributed by atoms with van der Waals surface area (Å²) in [5, 5.41) is 18.4. The summed E-state index contributed by atoms with van der Waals surface area (Å²) in [5.41, 5.74) is 0.210. The molecule has 8 nitrogen and oxygen atoms in total. The molecule has 3 rings (SSSR count). The number of non-ortho nitro benzene ring substituents is 1. The van der Waals surface area contributed by atoms with Crippen molar-refractivity contribution in [2.75, 3.05) is 13.1 Å². The molecule has 1 amide bonds. The number of aromatic nitrogens is 2. The van der Waals surface area contributed by atoms with Gasteiger partial charge < -0.3 is 9.64 Å². The smallest absolute Gasteiger partial charge is 0.270 e. The van der Waals surface area contributed by atoms with Gasteiger partial charge in [0.2, 0.25) is 5.88 Å². The molecule has 1 aliphatic heterocycles. The zero-order valence-electron chi connectivity index (χ0n) is 12.2. The average molecular weight is 314 g/mol. The maximum Gasteiger partial charge on any atom is 0.270 e. The summed E-state index contributed by atoms with van der Waals surface area (Å²) in [4.78, 5) is 24.4. The van der Waals surface area contributed by atoms with Gasteiger partial charge in [-0.15, -0.1) is 5.10 Å². The largest absolute Gasteiger partial charge is 0.471 e. The van der Waals surface area contributed by atoms with Crippen molar-refractivity contribution in [3.63, 3.8) is 0 Å². The minimum Gasteiger partial charge on any atom is -0.471 e. The summed E-state index contributed by atoms with van der Waals surface area (Å²) in [6, 6.07) is 9.17. The number of carbonyl (C=O) groups excluding carboxylic acids is 1. The molecule has 1 fully saturated rings. The highest BCUT2D eigenvalue weighted by atomic mass is 16.6. The molecule has 2 heterocycles. The molecule has 0 spiro atoms. The van der Waals surface area contributed by atoms with Crippen molar-refractivity contribution in [3.8, 4) is 5.88 Å². The van der Waals surface area contributed by atoms with Gasteiger partial charge in [-0.05, 0) is 12.1 Å². The fraction of sp³-hybridized carbons (Fsp3) is 0.267. The van der Waals surface area contributed by atoms with E-state index in [2.05, 4.69) is 10.2 Å². The standard InChI is InChI=1S/C15H14N4O4/c20-15(11-3-1-4-12(9-11)19(21)22)18-8-6-13(10-18)23-14-5-2-7-16-17-14/h1-5,7,9,13H,6,8,10H2. The third kappa shape index (κ3) is 3.42. The molecular formula is C15H14N4O4. The SMILES string of the molecule is O=C(c1cccc([N+](=O)[O-])c1)N1CCC(Oc2cccnn2)C1. The number of amides is 1. The van der Waals surface area contributed by atoms with E-state index in [-0.39, 0.29) is 17.7 Å². The fourth-order valence-electron chi connectivity index (χ4n) is 2.46. The predicted molar refractivity (Wildman–Crippen MR) is 80.1 cm³/mol. The molecule has 118 valence electrons. The van der Waals surface area contributed by atoms with Gasteiger partial charge in [-0.2, -0.15) is 5.10 Å². The van der Waals surface area contributed by atoms with Crippen LogP contribution in [0.5, 0.6) is 5.88 Å². The van der Waals surface area contributed by atoms with E-state index in [4.69, 9.17) is 4.74 Å². The second-order valence-electron chi connectivity index (χ2n) is 5.15. The van der Waals surface area contributed by atoms with E-state index < -0.39 is 4.92 Å². The van der Waals surface area contributed by atoms with Crippen LogP contribution in [0, 0.1) is 10.1 Å². The second kappa shape index (κ2) is 6.39. The first-order valence-corrected chi connectivity index (χ1v) is 7.11. The van der Waals surface area contributed by atoms with Crippen LogP contribution in [-0.2, 0) is 0 Å². The highest BCUT2D eigenvalue weighted by molar-refractivity contribution is 5.95. The summed E-state index contributed by atoms with van der Waals surface area (Å²) >= 11 is 0. The van der Waals surface area contributed by atoms with Crippen molar-refractivity contribution >= 4 is 11.6 Å². The monoisotopic (exact) mass is 314 g/mol. The molecule has 2 aromatic rings. The average Bonchev–Trinajstić information content (AvgIpc) is 3.03. The third-order valence-electron chi connectivity index (χ3n) is 3.57. The van der Waals surface area contributed by atoms with Gasteiger partial charge >= 0.3 is 0 Å². The van der Waals surface area contributed by atoms with Crippen LogP contribution in [0.2, 0.25) is 0 Å². The van der Waals surface area contributed by atoms with Crippen LogP contribution in [0.25, 0.3) is 0 Å². The zero-order valence-corrected chi connectivity index (χ0v) is 12.2. The number of benzene rings is 1. The van der Waals surface area contributed by atoms with Crippen molar-refractivity contribution in [2.24, 2.45) is 0 Å². The van der Waals surface area contributed by atoms with Crippen molar-refractivity contribution in [1.29, 1.82) is 0 Å². The lowest BCUT2D eigenvalue weighted by Crippen LogP contribution is -2.31. The van der Waals surface area contributed by atoms with Crippen molar-refractivity contribution < 1.29 is 14.5 Å².